The maximum atomic E-state index is 12.6. The van der Waals surface area contributed by atoms with E-state index in [-0.39, 0.29) is 5.91 Å². The third kappa shape index (κ3) is 3.90. The molecule has 2 aromatic heterocycles. The summed E-state index contributed by atoms with van der Waals surface area (Å²) in [6, 6.07) is 14.3. The molecule has 0 saturated heterocycles. The normalized spacial score (nSPS) is 14.0. The lowest BCUT2D eigenvalue weighted by molar-refractivity contribution is 0.0937. The Balaban J connectivity index is 1.44. The number of nitrogens with one attached hydrogen (secondary N) is 1. The number of fused-ring (bicyclic) bond motifs is 1. The Bertz CT molecular complexity index is 921. The number of pyridine rings is 1. The van der Waals surface area contributed by atoms with Gasteiger partial charge in [0.25, 0.3) is 5.91 Å². The highest BCUT2D eigenvalue weighted by molar-refractivity contribution is 5.91. The number of carbonyl (C=O) groups excluding carboxylic acids is 1. The van der Waals surface area contributed by atoms with Crippen molar-refractivity contribution in [3.05, 3.63) is 83.2 Å². The van der Waals surface area contributed by atoms with Crippen LogP contribution in [-0.2, 0) is 33.1 Å². The highest BCUT2D eigenvalue weighted by Gasteiger charge is 2.25. The zero-order valence-corrected chi connectivity index (χ0v) is 15.4. The third-order valence-corrected chi connectivity index (χ3v) is 4.96. The van der Waals surface area contributed by atoms with E-state index in [9.17, 15) is 4.79 Å². The maximum absolute atomic E-state index is 12.6. The highest BCUT2D eigenvalue weighted by Crippen LogP contribution is 2.21. The van der Waals surface area contributed by atoms with Gasteiger partial charge >= 0.3 is 0 Å². The first-order valence-electron chi connectivity index (χ1n) is 9.18. The summed E-state index contributed by atoms with van der Waals surface area (Å²) < 4.78 is 1.94. The molecule has 0 radical (unpaired) electrons. The van der Waals surface area contributed by atoms with Crippen molar-refractivity contribution in [1.82, 2.24) is 24.8 Å². The Morgan fingerprint density at radius 2 is 1.96 bits per heavy atom. The van der Waals surface area contributed by atoms with E-state index in [0.29, 0.717) is 12.4 Å². The molecule has 0 fully saturated rings. The van der Waals surface area contributed by atoms with E-state index in [0.717, 1.165) is 43.0 Å². The van der Waals surface area contributed by atoms with Crippen LogP contribution in [-0.4, -0.2) is 31.9 Å². The SMILES string of the molecule is Cn1c(C(=O)NCc2cccnc2)nc2c1CCN(Cc1ccccc1)C2. The van der Waals surface area contributed by atoms with Gasteiger partial charge in [-0.05, 0) is 17.2 Å². The largest absolute Gasteiger partial charge is 0.345 e. The molecule has 138 valence electrons. The standard InChI is InChI=1S/C21H23N5O/c1-25-19-9-11-26(14-16-6-3-2-4-7-16)15-18(19)24-20(25)21(27)23-13-17-8-5-10-22-12-17/h2-8,10,12H,9,11,13-15H2,1H3,(H,23,27). The molecule has 0 atom stereocenters. The van der Waals surface area contributed by atoms with Crippen molar-refractivity contribution >= 4 is 5.91 Å². The molecule has 6 heteroatoms. The van der Waals surface area contributed by atoms with Gasteiger partial charge in [0.2, 0.25) is 0 Å². The summed E-state index contributed by atoms with van der Waals surface area (Å²) in [5.74, 6) is 0.329. The zero-order chi connectivity index (χ0) is 18.6. The first-order valence-corrected chi connectivity index (χ1v) is 9.18. The molecule has 0 bridgehead atoms. The van der Waals surface area contributed by atoms with Crippen LogP contribution in [0.2, 0.25) is 0 Å². The molecule has 1 aliphatic rings. The highest BCUT2D eigenvalue weighted by atomic mass is 16.2. The number of nitrogens with zero attached hydrogens (tertiary/aromatic N) is 4. The quantitative estimate of drug-likeness (QED) is 0.757. The van der Waals surface area contributed by atoms with Crippen LogP contribution in [0.5, 0.6) is 0 Å². The monoisotopic (exact) mass is 361 g/mol. The fourth-order valence-electron chi connectivity index (χ4n) is 3.53. The van der Waals surface area contributed by atoms with Gasteiger partial charge in [0, 0.05) is 57.7 Å². The number of hydrogen-bond donors (Lipinski definition) is 1. The van der Waals surface area contributed by atoms with E-state index in [4.69, 9.17) is 0 Å². The number of aromatic nitrogens is 3. The average molecular weight is 361 g/mol. The molecule has 3 heterocycles. The fraction of sp³-hybridized carbons (Fsp3) is 0.286. The summed E-state index contributed by atoms with van der Waals surface area (Å²) in [5, 5.41) is 2.94. The molecule has 0 aliphatic carbocycles. The van der Waals surface area contributed by atoms with Crippen molar-refractivity contribution in [2.24, 2.45) is 7.05 Å². The van der Waals surface area contributed by atoms with Gasteiger partial charge in [-0.3, -0.25) is 14.7 Å². The summed E-state index contributed by atoms with van der Waals surface area (Å²) in [6.07, 6.45) is 4.38. The Morgan fingerprint density at radius 3 is 2.74 bits per heavy atom. The van der Waals surface area contributed by atoms with Crippen LogP contribution >= 0.6 is 0 Å². The molecule has 1 aromatic carbocycles. The molecular weight excluding hydrogens is 338 g/mol. The lowest BCUT2D eigenvalue weighted by atomic mass is 10.1. The molecule has 27 heavy (non-hydrogen) atoms. The van der Waals surface area contributed by atoms with Crippen molar-refractivity contribution in [2.45, 2.75) is 26.1 Å². The number of carbonyl (C=O) groups is 1. The Morgan fingerprint density at radius 1 is 1.15 bits per heavy atom. The van der Waals surface area contributed by atoms with Crippen LogP contribution in [0.1, 0.15) is 33.1 Å². The third-order valence-electron chi connectivity index (χ3n) is 4.96. The second kappa shape index (κ2) is 7.72. The summed E-state index contributed by atoms with van der Waals surface area (Å²) in [4.78, 5) is 23.7. The molecule has 1 amide bonds. The molecule has 0 unspecified atom stereocenters. The Labute approximate surface area is 158 Å². The number of benzene rings is 1. The Kier molecular flexibility index (Phi) is 4.98. The fourth-order valence-corrected chi connectivity index (χ4v) is 3.53. The van der Waals surface area contributed by atoms with Gasteiger partial charge < -0.3 is 9.88 Å². The summed E-state index contributed by atoms with van der Waals surface area (Å²) in [7, 11) is 1.93. The van der Waals surface area contributed by atoms with E-state index in [1.54, 1.807) is 12.4 Å². The van der Waals surface area contributed by atoms with Gasteiger partial charge in [-0.2, -0.15) is 0 Å². The zero-order valence-electron chi connectivity index (χ0n) is 15.4. The van der Waals surface area contributed by atoms with Crippen molar-refractivity contribution in [3.63, 3.8) is 0 Å². The van der Waals surface area contributed by atoms with Crippen molar-refractivity contribution < 1.29 is 4.79 Å². The summed E-state index contributed by atoms with van der Waals surface area (Å²) >= 11 is 0. The van der Waals surface area contributed by atoms with E-state index in [2.05, 4.69) is 44.5 Å². The predicted octanol–water partition coefficient (Wildman–Crippen LogP) is 2.30. The summed E-state index contributed by atoms with van der Waals surface area (Å²) in [5.41, 5.74) is 4.43. The number of imidazole rings is 1. The second-order valence-corrected chi connectivity index (χ2v) is 6.88. The number of rotatable bonds is 5. The average Bonchev–Trinajstić information content (AvgIpc) is 3.04. The molecule has 3 aromatic rings. The van der Waals surface area contributed by atoms with Gasteiger partial charge in [0.05, 0.1) is 5.69 Å². The first kappa shape index (κ1) is 17.4. The van der Waals surface area contributed by atoms with E-state index >= 15 is 0 Å². The number of amides is 1. The van der Waals surface area contributed by atoms with Gasteiger partial charge in [0.1, 0.15) is 0 Å². The lowest BCUT2D eigenvalue weighted by Crippen LogP contribution is -2.30. The van der Waals surface area contributed by atoms with Gasteiger partial charge in [-0.15, -0.1) is 0 Å². The van der Waals surface area contributed by atoms with Crippen molar-refractivity contribution in [1.29, 1.82) is 0 Å². The van der Waals surface area contributed by atoms with Crippen LogP contribution in [0.4, 0.5) is 0 Å². The Hall–Kier alpha value is -2.99. The topological polar surface area (TPSA) is 63.1 Å². The van der Waals surface area contributed by atoms with Crippen LogP contribution in [0.3, 0.4) is 0 Å². The van der Waals surface area contributed by atoms with E-state index in [1.807, 2.05) is 29.8 Å². The van der Waals surface area contributed by atoms with E-state index < -0.39 is 0 Å². The first-order chi connectivity index (χ1) is 13.2. The van der Waals surface area contributed by atoms with Crippen LogP contribution in [0.15, 0.2) is 54.9 Å². The smallest absolute Gasteiger partial charge is 0.287 e. The van der Waals surface area contributed by atoms with Gasteiger partial charge in [-0.25, -0.2) is 4.98 Å². The molecule has 1 N–H and O–H groups in total. The summed E-state index contributed by atoms with van der Waals surface area (Å²) in [6.45, 7) is 3.09. The second-order valence-electron chi connectivity index (χ2n) is 6.88. The van der Waals surface area contributed by atoms with Gasteiger partial charge in [0.15, 0.2) is 5.82 Å². The minimum Gasteiger partial charge on any atom is -0.345 e. The van der Waals surface area contributed by atoms with E-state index in [1.165, 1.54) is 5.56 Å². The predicted molar refractivity (Wildman–Crippen MR) is 103 cm³/mol. The molecular formula is C21H23N5O. The molecule has 6 nitrogen and oxygen atoms in total. The molecule has 1 aliphatic heterocycles. The van der Waals surface area contributed by atoms with Crippen LogP contribution < -0.4 is 5.32 Å². The van der Waals surface area contributed by atoms with Crippen LogP contribution in [0.25, 0.3) is 0 Å². The number of hydrogen-bond acceptors (Lipinski definition) is 4. The molecule has 0 spiro atoms. The molecule has 0 saturated carbocycles. The minimum atomic E-state index is -0.148. The lowest BCUT2D eigenvalue weighted by Gasteiger charge is -2.26. The van der Waals surface area contributed by atoms with Crippen LogP contribution in [0, 0.1) is 0 Å². The van der Waals surface area contributed by atoms with Gasteiger partial charge in [-0.1, -0.05) is 36.4 Å². The van der Waals surface area contributed by atoms with Crippen molar-refractivity contribution in [3.8, 4) is 0 Å². The maximum Gasteiger partial charge on any atom is 0.287 e. The minimum absolute atomic E-state index is 0.148. The molecule has 4 rings (SSSR count). The van der Waals surface area contributed by atoms with Crippen molar-refractivity contribution in [2.75, 3.05) is 6.54 Å².